The van der Waals surface area contributed by atoms with E-state index >= 15 is 0 Å². The Labute approximate surface area is 191 Å². The topological polar surface area (TPSA) is 18.5 Å². The molecule has 0 unspecified atom stereocenters. The first-order valence-corrected chi connectivity index (χ1v) is 11.8. The molecular formula is C29H42O2. The van der Waals surface area contributed by atoms with E-state index in [1.54, 1.807) is 7.11 Å². The van der Waals surface area contributed by atoms with Crippen LogP contribution in [0, 0.1) is 0 Å². The molecule has 0 bridgehead atoms. The monoisotopic (exact) mass is 422 g/mol. The quantitative estimate of drug-likeness (QED) is 0.212. The van der Waals surface area contributed by atoms with Crippen molar-refractivity contribution in [3.8, 4) is 0 Å². The van der Waals surface area contributed by atoms with Crippen LogP contribution in [0.15, 0.2) is 61.2 Å². The summed E-state index contributed by atoms with van der Waals surface area (Å²) in [5, 5.41) is 0. The van der Waals surface area contributed by atoms with Crippen LogP contribution in [-0.4, -0.2) is 26.9 Å². The van der Waals surface area contributed by atoms with Crippen LogP contribution in [0.25, 0.3) is 18.2 Å². The molecule has 2 aromatic rings. The van der Waals surface area contributed by atoms with E-state index in [9.17, 15) is 0 Å². The lowest BCUT2D eigenvalue weighted by molar-refractivity contribution is 0.0685. The molecule has 0 atom stereocenters. The summed E-state index contributed by atoms with van der Waals surface area (Å²) in [5.41, 5.74) is 3.57. The van der Waals surface area contributed by atoms with E-state index in [4.69, 9.17) is 9.47 Å². The molecule has 0 amide bonds. The predicted molar refractivity (Wildman–Crippen MR) is 137 cm³/mol. The molecular weight excluding hydrogens is 380 g/mol. The molecule has 0 N–H and O–H groups in total. The van der Waals surface area contributed by atoms with E-state index in [0.717, 1.165) is 25.4 Å². The van der Waals surface area contributed by atoms with E-state index in [1.807, 2.05) is 36.4 Å². The first-order valence-electron chi connectivity index (χ1n) is 11.8. The van der Waals surface area contributed by atoms with Crippen LogP contribution in [0.5, 0.6) is 0 Å². The number of hydrogen-bond acceptors (Lipinski definition) is 2. The molecule has 0 aliphatic rings. The van der Waals surface area contributed by atoms with Crippen molar-refractivity contribution in [2.45, 2.75) is 58.3 Å². The molecule has 2 nitrogen and oxygen atoms in total. The maximum atomic E-state index is 5.39. The van der Waals surface area contributed by atoms with Gasteiger partial charge in [0, 0.05) is 13.7 Å². The van der Waals surface area contributed by atoms with E-state index in [2.05, 4.69) is 49.9 Å². The zero-order chi connectivity index (χ0) is 22.4. The van der Waals surface area contributed by atoms with Crippen molar-refractivity contribution in [1.29, 1.82) is 0 Å². The van der Waals surface area contributed by atoms with Gasteiger partial charge in [0.25, 0.3) is 0 Å². The summed E-state index contributed by atoms with van der Waals surface area (Å²) in [6, 6.07) is 18.5. The molecule has 2 aromatic carbocycles. The van der Waals surface area contributed by atoms with Crippen molar-refractivity contribution in [2.75, 3.05) is 26.9 Å². The van der Waals surface area contributed by atoms with Gasteiger partial charge < -0.3 is 9.47 Å². The molecule has 0 spiro atoms. The molecule has 2 rings (SSSR count). The number of rotatable bonds is 15. The summed E-state index contributed by atoms with van der Waals surface area (Å²) in [6.45, 7) is 8.44. The van der Waals surface area contributed by atoms with Gasteiger partial charge >= 0.3 is 0 Å². The van der Waals surface area contributed by atoms with Crippen LogP contribution >= 0.6 is 0 Å². The first-order chi connectivity index (χ1) is 15.3. The highest BCUT2D eigenvalue weighted by Crippen LogP contribution is 2.14. The molecule has 0 saturated carbocycles. The van der Waals surface area contributed by atoms with Crippen LogP contribution in [0.2, 0.25) is 0 Å². The van der Waals surface area contributed by atoms with Gasteiger partial charge in [0.15, 0.2) is 0 Å². The predicted octanol–water partition coefficient (Wildman–Crippen LogP) is 8.29. The molecule has 31 heavy (non-hydrogen) atoms. The minimum absolute atomic E-state index is 0.719. The number of ether oxygens (including phenoxy) is 2. The second-order valence-electron chi connectivity index (χ2n) is 7.66. The molecule has 0 aliphatic carbocycles. The van der Waals surface area contributed by atoms with Crippen molar-refractivity contribution in [2.24, 2.45) is 0 Å². The number of benzene rings is 2. The number of methoxy groups -OCH3 is 1. The molecule has 0 fully saturated rings. The maximum Gasteiger partial charge on any atom is 0.0700 e. The van der Waals surface area contributed by atoms with E-state index in [1.165, 1.54) is 62.5 Å². The highest BCUT2D eigenvalue weighted by Gasteiger charge is 1.93. The summed E-state index contributed by atoms with van der Waals surface area (Å²) in [5.74, 6) is 0. The Hall–Kier alpha value is -2.16. The Morgan fingerprint density at radius 3 is 1.94 bits per heavy atom. The van der Waals surface area contributed by atoms with Crippen molar-refractivity contribution in [3.63, 3.8) is 0 Å². The lowest BCUT2D eigenvalue weighted by atomic mass is 10.1. The van der Waals surface area contributed by atoms with Gasteiger partial charge in [-0.25, -0.2) is 0 Å². The standard InChI is InChI=1S/C16H14.C13H28O2/c1-2-15-10-6-7-11-16(15)13-12-14-8-4-3-5-9-14;1-3-4-5-6-7-8-9-10-11-15-13-12-14-2/h2-13H,1H2;3-13H2,1-2H3. The van der Waals surface area contributed by atoms with Crippen molar-refractivity contribution in [3.05, 3.63) is 77.9 Å². The van der Waals surface area contributed by atoms with Crippen molar-refractivity contribution < 1.29 is 9.47 Å². The van der Waals surface area contributed by atoms with Gasteiger partial charge in [0.2, 0.25) is 0 Å². The molecule has 2 heteroatoms. The van der Waals surface area contributed by atoms with Gasteiger partial charge in [-0.1, -0.05) is 131 Å². The molecule has 0 saturated heterocycles. The van der Waals surface area contributed by atoms with Crippen LogP contribution < -0.4 is 0 Å². The van der Waals surface area contributed by atoms with Gasteiger partial charge in [-0.05, 0) is 23.1 Å². The van der Waals surface area contributed by atoms with Crippen LogP contribution in [0.1, 0.15) is 75.0 Å². The Balaban J connectivity index is 0.000000311. The van der Waals surface area contributed by atoms with Crippen LogP contribution in [-0.2, 0) is 9.47 Å². The Morgan fingerprint density at radius 2 is 1.29 bits per heavy atom. The minimum Gasteiger partial charge on any atom is -0.382 e. The Morgan fingerprint density at radius 1 is 0.677 bits per heavy atom. The lowest BCUT2D eigenvalue weighted by Gasteiger charge is -2.03. The summed E-state index contributed by atoms with van der Waals surface area (Å²) < 4.78 is 10.3. The molecule has 0 heterocycles. The average Bonchev–Trinajstić information content (AvgIpc) is 2.82. The zero-order valence-corrected chi connectivity index (χ0v) is 19.7. The molecule has 0 radical (unpaired) electrons. The average molecular weight is 423 g/mol. The summed E-state index contributed by atoms with van der Waals surface area (Å²) >= 11 is 0. The number of hydrogen-bond donors (Lipinski definition) is 0. The summed E-state index contributed by atoms with van der Waals surface area (Å²) in [7, 11) is 1.71. The largest absolute Gasteiger partial charge is 0.382 e. The van der Waals surface area contributed by atoms with Crippen molar-refractivity contribution in [1.82, 2.24) is 0 Å². The fourth-order valence-electron chi connectivity index (χ4n) is 3.18. The third kappa shape index (κ3) is 14.5. The smallest absolute Gasteiger partial charge is 0.0700 e. The SMILES string of the molecule is C=Cc1ccccc1C=Cc1ccccc1.CCCCCCCCCCOCCOC. The number of unbranched alkanes of at least 4 members (excludes halogenated alkanes) is 7. The third-order valence-corrected chi connectivity index (χ3v) is 5.04. The highest BCUT2D eigenvalue weighted by molar-refractivity contribution is 5.74. The summed E-state index contributed by atoms with van der Waals surface area (Å²) in [4.78, 5) is 0. The van der Waals surface area contributed by atoms with Crippen LogP contribution in [0.4, 0.5) is 0 Å². The second-order valence-corrected chi connectivity index (χ2v) is 7.66. The molecule has 0 aromatic heterocycles. The van der Waals surface area contributed by atoms with E-state index in [0.29, 0.717) is 0 Å². The molecule has 0 aliphatic heterocycles. The minimum atomic E-state index is 0.719. The van der Waals surface area contributed by atoms with Gasteiger partial charge in [0.1, 0.15) is 0 Å². The zero-order valence-electron chi connectivity index (χ0n) is 19.7. The van der Waals surface area contributed by atoms with Gasteiger partial charge in [-0.2, -0.15) is 0 Å². The lowest BCUT2D eigenvalue weighted by Crippen LogP contribution is -2.02. The maximum absolute atomic E-state index is 5.39. The fraction of sp³-hybridized carbons (Fsp3) is 0.448. The normalized spacial score (nSPS) is 10.6. The Kier molecular flexibility index (Phi) is 17.2. The highest BCUT2D eigenvalue weighted by atomic mass is 16.5. The Bertz CT molecular complexity index is 679. The van der Waals surface area contributed by atoms with E-state index in [-0.39, 0.29) is 0 Å². The van der Waals surface area contributed by atoms with E-state index < -0.39 is 0 Å². The third-order valence-electron chi connectivity index (χ3n) is 5.04. The van der Waals surface area contributed by atoms with Gasteiger partial charge in [-0.3, -0.25) is 0 Å². The van der Waals surface area contributed by atoms with Crippen LogP contribution in [0.3, 0.4) is 0 Å². The first kappa shape index (κ1) is 26.9. The fourth-order valence-corrected chi connectivity index (χ4v) is 3.18. The second kappa shape index (κ2) is 19.8. The van der Waals surface area contributed by atoms with Crippen molar-refractivity contribution >= 4 is 18.2 Å². The van der Waals surface area contributed by atoms with Gasteiger partial charge in [-0.15, -0.1) is 0 Å². The summed E-state index contributed by atoms with van der Waals surface area (Å²) in [6.07, 6.45) is 17.0. The van der Waals surface area contributed by atoms with Gasteiger partial charge in [0.05, 0.1) is 13.2 Å². The molecule has 170 valence electrons.